The standard InChI is InChI=1S/C16H25NO3/c1-2-3-4-5-8-11-17-12-13-20-15-10-7-6-9-14(15)16(18)19/h6-7,9-10,17H,2-5,8,11-13H2,1H3,(H,18,19). The highest BCUT2D eigenvalue weighted by Gasteiger charge is 2.09. The van der Waals surface area contributed by atoms with Gasteiger partial charge in [0.15, 0.2) is 0 Å². The molecule has 0 spiro atoms. The molecule has 0 saturated heterocycles. The van der Waals surface area contributed by atoms with Crippen LogP contribution in [0.2, 0.25) is 0 Å². The largest absolute Gasteiger partial charge is 0.491 e. The molecule has 1 rings (SSSR count). The summed E-state index contributed by atoms with van der Waals surface area (Å²) in [5, 5.41) is 12.3. The van der Waals surface area contributed by atoms with Gasteiger partial charge in [0.2, 0.25) is 0 Å². The van der Waals surface area contributed by atoms with Crippen molar-refractivity contribution in [1.29, 1.82) is 0 Å². The molecule has 0 atom stereocenters. The number of benzene rings is 1. The van der Waals surface area contributed by atoms with Crippen LogP contribution in [0.15, 0.2) is 24.3 Å². The number of hydrogen-bond donors (Lipinski definition) is 2. The van der Waals surface area contributed by atoms with Crippen LogP contribution in [0.25, 0.3) is 0 Å². The predicted octanol–water partition coefficient (Wildman–Crippen LogP) is 3.32. The molecule has 0 saturated carbocycles. The van der Waals surface area contributed by atoms with Crippen molar-refractivity contribution in [3.63, 3.8) is 0 Å². The Balaban J connectivity index is 2.11. The number of hydrogen-bond acceptors (Lipinski definition) is 3. The van der Waals surface area contributed by atoms with Crippen molar-refractivity contribution in [2.24, 2.45) is 0 Å². The van der Waals surface area contributed by atoms with E-state index in [1.165, 1.54) is 32.1 Å². The van der Waals surface area contributed by atoms with Gasteiger partial charge >= 0.3 is 5.97 Å². The number of carbonyl (C=O) groups is 1. The second-order valence-corrected chi connectivity index (χ2v) is 4.81. The normalized spacial score (nSPS) is 10.4. The first-order valence-corrected chi connectivity index (χ1v) is 7.41. The molecule has 4 heteroatoms. The van der Waals surface area contributed by atoms with E-state index >= 15 is 0 Å². The Kier molecular flexibility index (Phi) is 8.47. The molecule has 0 aliphatic rings. The van der Waals surface area contributed by atoms with E-state index in [2.05, 4.69) is 12.2 Å². The van der Waals surface area contributed by atoms with Gasteiger partial charge in [-0.05, 0) is 25.1 Å². The molecule has 112 valence electrons. The summed E-state index contributed by atoms with van der Waals surface area (Å²) in [6, 6.07) is 6.72. The van der Waals surface area contributed by atoms with E-state index in [0.29, 0.717) is 12.4 Å². The second kappa shape index (κ2) is 10.3. The van der Waals surface area contributed by atoms with Crippen LogP contribution in [0, 0.1) is 0 Å². The Bertz CT molecular complexity index is 393. The fraction of sp³-hybridized carbons (Fsp3) is 0.562. The zero-order valence-corrected chi connectivity index (χ0v) is 12.2. The van der Waals surface area contributed by atoms with Gasteiger partial charge in [-0.15, -0.1) is 0 Å². The lowest BCUT2D eigenvalue weighted by Crippen LogP contribution is -2.22. The molecule has 0 heterocycles. The number of aromatic carboxylic acids is 1. The Morgan fingerprint density at radius 1 is 1.15 bits per heavy atom. The number of nitrogens with one attached hydrogen (secondary N) is 1. The third-order valence-electron chi connectivity index (χ3n) is 3.11. The topological polar surface area (TPSA) is 58.6 Å². The molecule has 0 unspecified atom stereocenters. The average Bonchev–Trinajstić information content (AvgIpc) is 2.46. The van der Waals surface area contributed by atoms with Crippen LogP contribution in [-0.2, 0) is 0 Å². The van der Waals surface area contributed by atoms with Crippen LogP contribution in [0.3, 0.4) is 0 Å². The van der Waals surface area contributed by atoms with Crippen molar-refractivity contribution in [3.8, 4) is 5.75 Å². The molecule has 2 N–H and O–H groups in total. The summed E-state index contributed by atoms with van der Waals surface area (Å²) in [7, 11) is 0. The van der Waals surface area contributed by atoms with Gasteiger partial charge in [-0.3, -0.25) is 0 Å². The SMILES string of the molecule is CCCCCCCNCCOc1ccccc1C(=O)O. The summed E-state index contributed by atoms with van der Waals surface area (Å²) in [4.78, 5) is 11.0. The Hall–Kier alpha value is -1.55. The summed E-state index contributed by atoms with van der Waals surface area (Å²) in [6.45, 7) is 4.43. The van der Waals surface area contributed by atoms with Crippen LogP contribution in [0.4, 0.5) is 0 Å². The third kappa shape index (κ3) is 6.57. The van der Waals surface area contributed by atoms with Crippen LogP contribution in [-0.4, -0.2) is 30.8 Å². The van der Waals surface area contributed by atoms with Crippen molar-refractivity contribution in [2.45, 2.75) is 39.0 Å². The molecule has 1 aromatic carbocycles. The molecule has 0 bridgehead atoms. The highest BCUT2D eigenvalue weighted by Crippen LogP contribution is 2.17. The minimum Gasteiger partial charge on any atom is -0.491 e. The zero-order valence-electron chi connectivity index (χ0n) is 12.2. The smallest absolute Gasteiger partial charge is 0.339 e. The second-order valence-electron chi connectivity index (χ2n) is 4.81. The minimum atomic E-state index is -0.954. The number of para-hydroxylation sites is 1. The molecular weight excluding hydrogens is 254 g/mol. The molecule has 0 amide bonds. The molecule has 0 fully saturated rings. The number of ether oxygens (including phenoxy) is 1. The molecule has 0 aliphatic heterocycles. The van der Waals surface area contributed by atoms with Crippen LogP contribution >= 0.6 is 0 Å². The summed E-state index contributed by atoms with van der Waals surface area (Å²) < 4.78 is 5.50. The van der Waals surface area contributed by atoms with Crippen LogP contribution in [0.1, 0.15) is 49.4 Å². The van der Waals surface area contributed by atoms with E-state index in [-0.39, 0.29) is 5.56 Å². The summed E-state index contributed by atoms with van der Waals surface area (Å²) in [6.07, 6.45) is 6.34. The highest BCUT2D eigenvalue weighted by atomic mass is 16.5. The fourth-order valence-corrected chi connectivity index (χ4v) is 1.98. The van der Waals surface area contributed by atoms with Gasteiger partial charge in [0.05, 0.1) is 0 Å². The molecule has 0 aliphatic carbocycles. The first-order chi connectivity index (χ1) is 9.75. The highest BCUT2D eigenvalue weighted by molar-refractivity contribution is 5.90. The van der Waals surface area contributed by atoms with Crippen LogP contribution < -0.4 is 10.1 Å². The number of carboxylic acids is 1. The lowest BCUT2D eigenvalue weighted by atomic mass is 10.1. The maximum atomic E-state index is 11.0. The van der Waals surface area contributed by atoms with E-state index in [1.54, 1.807) is 24.3 Å². The first kappa shape index (κ1) is 16.5. The van der Waals surface area contributed by atoms with E-state index < -0.39 is 5.97 Å². The molecule has 1 aromatic rings. The summed E-state index contributed by atoms with van der Waals surface area (Å²) >= 11 is 0. The quantitative estimate of drug-likeness (QED) is 0.610. The molecule has 0 aromatic heterocycles. The number of carboxylic acid groups (broad SMARTS) is 1. The van der Waals surface area contributed by atoms with Gasteiger partial charge in [0.1, 0.15) is 17.9 Å². The summed E-state index contributed by atoms with van der Waals surface area (Å²) in [5.74, 6) is -0.519. The van der Waals surface area contributed by atoms with Gasteiger partial charge in [0.25, 0.3) is 0 Å². The number of unbranched alkanes of at least 4 members (excludes halogenated alkanes) is 4. The van der Waals surface area contributed by atoms with Crippen molar-refractivity contribution >= 4 is 5.97 Å². The summed E-state index contributed by atoms with van der Waals surface area (Å²) in [5.41, 5.74) is 0.215. The predicted molar refractivity (Wildman–Crippen MR) is 80.5 cm³/mol. The lowest BCUT2D eigenvalue weighted by molar-refractivity contribution is 0.0692. The van der Waals surface area contributed by atoms with Gasteiger partial charge in [-0.2, -0.15) is 0 Å². The fourth-order valence-electron chi connectivity index (χ4n) is 1.98. The zero-order chi connectivity index (χ0) is 14.6. The van der Waals surface area contributed by atoms with E-state index in [0.717, 1.165) is 13.1 Å². The van der Waals surface area contributed by atoms with Gasteiger partial charge < -0.3 is 15.2 Å². The number of rotatable bonds is 11. The van der Waals surface area contributed by atoms with Crippen molar-refractivity contribution in [2.75, 3.05) is 19.7 Å². The Morgan fingerprint density at radius 2 is 1.90 bits per heavy atom. The minimum absolute atomic E-state index is 0.215. The third-order valence-corrected chi connectivity index (χ3v) is 3.11. The molecule has 4 nitrogen and oxygen atoms in total. The van der Waals surface area contributed by atoms with Gasteiger partial charge in [0, 0.05) is 6.54 Å². The molecular formula is C16H25NO3. The van der Waals surface area contributed by atoms with Gasteiger partial charge in [-0.25, -0.2) is 4.79 Å². The lowest BCUT2D eigenvalue weighted by Gasteiger charge is -2.09. The van der Waals surface area contributed by atoms with E-state index in [1.807, 2.05) is 0 Å². The van der Waals surface area contributed by atoms with Gasteiger partial charge in [-0.1, -0.05) is 44.7 Å². The Morgan fingerprint density at radius 3 is 2.65 bits per heavy atom. The average molecular weight is 279 g/mol. The van der Waals surface area contributed by atoms with Crippen molar-refractivity contribution in [1.82, 2.24) is 5.32 Å². The van der Waals surface area contributed by atoms with Crippen LogP contribution in [0.5, 0.6) is 5.75 Å². The monoisotopic (exact) mass is 279 g/mol. The van der Waals surface area contributed by atoms with Crippen molar-refractivity contribution in [3.05, 3.63) is 29.8 Å². The van der Waals surface area contributed by atoms with E-state index in [9.17, 15) is 4.79 Å². The first-order valence-electron chi connectivity index (χ1n) is 7.41. The van der Waals surface area contributed by atoms with Crippen molar-refractivity contribution < 1.29 is 14.6 Å². The molecule has 0 radical (unpaired) electrons. The van der Waals surface area contributed by atoms with E-state index in [4.69, 9.17) is 9.84 Å². The molecule has 20 heavy (non-hydrogen) atoms. The Labute approximate surface area is 121 Å². The maximum Gasteiger partial charge on any atom is 0.339 e. The maximum absolute atomic E-state index is 11.0.